The summed E-state index contributed by atoms with van der Waals surface area (Å²) in [4.78, 5) is 3.87. The number of pyridine rings is 1. The van der Waals surface area contributed by atoms with Gasteiger partial charge in [0.05, 0.1) is 10.7 Å². The highest BCUT2D eigenvalue weighted by molar-refractivity contribution is 6.32. The average Bonchev–Trinajstić information content (AvgIpc) is 2.58. The first-order valence-electron chi connectivity index (χ1n) is 4.28. The van der Waals surface area contributed by atoms with Gasteiger partial charge in [0.2, 0.25) is 0 Å². The molecular weight excluding hydrogens is 245 g/mol. The van der Waals surface area contributed by atoms with Crippen LogP contribution in [0.5, 0.6) is 0 Å². The fourth-order valence-electron chi connectivity index (χ4n) is 1.63. The van der Waals surface area contributed by atoms with Crippen LogP contribution in [0, 0.1) is 6.92 Å². The summed E-state index contributed by atoms with van der Waals surface area (Å²) in [7, 11) is 0. The molecule has 1 aliphatic rings. The monoisotopic (exact) mass is 254 g/mol. The van der Waals surface area contributed by atoms with Gasteiger partial charge < -0.3 is 5.32 Å². The van der Waals surface area contributed by atoms with Gasteiger partial charge in [0, 0.05) is 13.1 Å². The van der Waals surface area contributed by atoms with Crippen molar-refractivity contribution in [1.82, 2.24) is 10.3 Å². The van der Waals surface area contributed by atoms with Crippen molar-refractivity contribution in [2.24, 2.45) is 0 Å². The second kappa shape index (κ2) is 4.60. The zero-order valence-corrected chi connectivity index (χ0v) is 9.55. The minimum absolute atomic E-state index is 0. The molecule has 0 bridgehead atoms. The summed E-state index contributed by atoms with van der Waals surface area (Å²) in [6, 6.07) is 0. The molecule has 0 radical (unpaired) electrons. The Morgan fingerprint density at radius 2 is 2.07 bits per heavy atom. The molecular formula is C9H10Cl2F2N2. The maximum absolute atomic E-state index is 12.5. The first-order valence-corrected chi connectivity index (χ1v) is 4.65. The van der Waals surface area contributed by atoms with Crippen molar-refractivity contribution in [3.63, 3.8) is 0 Å². The fourth-order valence-corrected chi connectivity index (χ4v) is 1.87. The van der Waals surface area contributed by atoms with Gasteiger partial charge in [-0.1, -0.05) is 11.6 Å². The summed E-state index contributed by atoms with van der Waals surface area (Å²) in [6.45, 7) is 2.96. The van der Waals surface area contributed by atoms with Crippen molar-refractivity contribution in [3.8, 4) is 0 Å². The Balaban J connectivity index is 0.00000112. The molecule has 0 saturated heterocycles. The number of hydrogen-bond acceptors (Lipinski definition) is 2. The summed E-state index contributed by atoms with van der Waals surface area (Å²) in [5, 5.41) is 3.16. The van der Waals surface area contributed by atoms with Gasteiger partial charge in [-0.05, 0) is 18.1 Å². The van der Waals surface area contributed by atoms with Crippen molar-refractivity contribution in [3.05, 3.63) is 27.5 Å². The van der Waals surface area contributed by atoms with E-state index in [0.29, 0.717) is 18.8 Å². The normalized spacial score (nSPS) is 13.9. The lowest BCUT2D eigenvalue weighted by Gasteiger charge is -2.09. The second-order valence-corrected chi connectivity index (χ2v) is 3.64. The van der Waals surface area contributed by atoms with Crippen LogP contribution in [-0.4, -0.2) is 4.98 Å². The molecule has 0 amide bonds. The third-order valence-electron chi connectivity index (χ3n) is 2.41. The lowest BCUT2D eigenvalue weighted by molar-refractivity contribution is 0.146. The Morgan fingerprint density at radius 1 is 1.40 bits per heavy atom. The smallest absolute Gasteiger partial charge is 0.281 e. The summed E-state index contributed by atoms with van der Waals surface area (Å²) in [6.07, 6.45) is -2.60. The number of halogens is 4. The van der Waals surface area contributed by atoms with Crippen molar-refractivity contribution >= 4 is 24.0 Å². The largest absolute Gasteiger partial charge is 0.307 e. The summed E-state index contributed by atoms with van der Waals surface area (Å²) >= 11 is 5.80. The van der Waals surface area contributed by atoms with Gasteiger partial charge in [0.15, 0.2) is 0 Å². The topological polar surface area (TPSA) is 24.9 Å². The molecule has 2 heterocycles. The molecule has 2 rings (SSSR count). The Kier molecular flexibility index (Phi) is 3.87. The van der Waals surface area contributed by atoms with Gasteiger partial charge in [-0.2, -0.15) is 0 Å². The Morgan fingerprint density at radius 3 is 2.67 bits per heavy atom. The lowest BCUT2D eigenvalue weighted by Crippen LogP contribution is -2.01. The lowest BCUT2D eigenvalue weighted by atomic mass is 10.1. The SMILES string of the molecule is Cc1c(Cl)c(C(F)F)nc2c1CNC2.Cl. The van der Waals surface area contributed by atoms with E-state index in [2.05, 4.69) is 10.3 Å². The number of alkyl halides is 2. The number of nitrogens with one attached hydrogen (secondary N) is 1. The number of fused-ring (bicyclic) bond motifs is 1. The molecule has 0 fully saturated rings. The second-order valence-electron chi connectivity index (χ2n) is 3.27. The highest BCUT2D eigenvalue weighted by Crippen LogP contribution is 2.32. The van der Waals surface area contributed by atoms with Crippen LogP contribution in [0.4, 0.5) is 8.78 Å². The van der Waals surface area contributed by atoms with E-state index in [1.54, 1.807) is 6.92 Å². The van der Waals surface area contributed by atoms with E-state index in [1.807, 2.05) is 0 Å². The van der Waals surface area contributed by atoms with Gasteiger partial charge in [-0.15, -0.1) is 12.4 Å². The first-order chi connectivity index (χ1) is 6.61. The first kappa shape index (κ1) is 12.6. The highest BCUT2D eigenvalue weighted by atomic mass is 35.5. The molecule has 1 aromatic heterocycles. The number of hydrogen-bond donors (Lipinski definition) is 1. The van der Waals surface area contributed by atoms with Gasteiger partial charge in [0.1, 0.15) is 5.69 Å². The Labute approximate surface area is 97.4 Å². The average molecular weight is 255 g/mol. The van der Waals surface area contributed by atoms with Crippen LogP contribution in [0.15, 0.2) is 0 Å². The fraction of sp³-hybridized carbons (Fsp3) is 0.444. The van der Waals surface area contributed by atoms with Gasteiger partial charge in [-0.3, -0.25) is 0 Å². The molecule has 1 N–H and O–H groups in total. The van der Waals surface area contributed by atoms with E-state index in [9.17, 15) is 8.78 Å². The number of nitrogens with zero attached hydrogens (tertiary/aromatic N) is 1. The van der Waals surface area contributed by atoms with Gasteiger partial charge in [0.25, 0.3) is 6.43 Å². The summed E-state index contributed by atoms with van der Waals surface area (Å²) < 4.78 is 25.0. The maximum Gasteiger partial charge on any atom is 0.281 e. The van der Waals surface area contributed by atoms with E-state index >= 15 is 0 Å². The van der Waals surface area contributed by atoms with Gasteiger partial charge in [-0.25, -0.2) is 13.8 Å². The Bertz CT molecular complexity index is 383. The molecule has 84 valence electrons. The summed E-state index contributed by atoms with van der Waals surface area (Å²) in [5.41, 5.74) is 2.07. The van der Waals surface area contributed by atoms with Crippen molar-refractivity contribution in [1.29, 1.82) is 0 Å². The number of rotatable bonds is 1. The number of aromatic nitrogens is 1. The maximum atomic E-state index is 12.5. The van der Waals surface area contributed by atoms with Crippen molar-refractivity contribution in [2.75, 3.05) is 0 Å². The predicted octanol–water partition coefficient (Wildman–Crippen LogP) is 3.01. The van der Waals surface area contributed by atoms with Crippen LogP contribution in [0.25, 0.3) is 0 Å². The van der Waals surface area contributed by atoms with Gasteiger partial charge >= 0.3 is 0 Å². The van der Waals surface area contributed by atoms with Crippen LogP contribution in [0.3, 0.4) is 0 Å². The minimum atomic E-state index is -2.60. The van der Waals surface area contributed by atoms with Crippen molar-refractivity contribution in [2.45, 2.75) is 26.4 Å². The molecule has 15 heavy (non-hydrogen) atoms. The minimum Gasteiger partial charge on any atom is -0.307 e. The molecule has 0 aliphatic carbocycles. The third kappa shape index (κ3) is 2.07. The van der Waals surface area contributed by atoms with Crippen LogP contribution in [-0.2, 0) is 13.1 Å². The molecule has 0 aromatic carbocycles. The van der Waals surface area contributed by atoms with E-state index in [-0.39, 0.29) is 23.1 Å². The van der Waals surface area contributed by atoms with Crippen LogP contribution >= 0.6 is 24.0 Å². The standard InChI is InChI=1S/C9H9ClF2N2.ClH/c1-4-5-2-13-3-6(5)14-8(7(4)10)9(11)12;/h9,13H,2-3H2,1H3;1H. The molecule has 1 aliphatic heterocycles. The quantitative estimate of drug-likeness (QED) is 0.834. The van der Waals surface area contributed by atoms with E-state index in [0.717, 1.165) is 11.1 Å². The van der Waals surface area contributed by atoms with E-state index in [4.69, 9.17) is 11.6 Å². The predicted molar refractivity (Wildman–Crippen MR) is 56.7 cm³/mol. The molecule has 0 unspecified atom stereocenters. The van der Waals surface area contributed by atoms with Crippen LogP contribution < -0.4 is 5.32 Å². The molecule has 1 aromatic rings. The molecule has 0 spiro atoms. The third-order valence-corrected chi connectivity index (χ3v) is 2.89. The summed E-state index contributed by atoms with van der Waals surface area (Å²) in [5.74, 6) is 0. The Hall–Kier alpha value is -0.450. The zero-order chi connectivity index (χ0) is 10.3. The van der Waals surface area contributed by atoms with Crippen molar-refractivity contribution < 1.29 is 8.78 Å². The van der Waals surface area contributed by atoms with E-state index in [1.165, 1.54) is 0 Å². The zero-order valence-electron chi connectivity index (χ0n) is 7.98. The molecule has 0 saturated carbocycles. The molecule has 2 nitrogen and oxygen atoms in total. The molecule has 6 heteroatoms. The van der Waals surface area contributed by atoms with E-state index < -0.39 is 6.43 Å². The van der Waals surface area contributed by atoms with Crippen LogP contribution in [0.2, 0.25) is 5.02 Å². The van der Waals surface area contributed by atoms with Crippen LogP contribution in [0.1, 0.15) is 28.9 Å². The molecule has 0 atom stereocenters. The highest BCUT2D eigenvalue weighted by Gasteiger charge is 2.23.